The molecule has 6 nitrogen and oxygen atoms in total. The van der Waals surface area contributed by atoms with Gasteiger partial charge in [-0.05, 0) is 33.6 Å². The fourth-order valence-electron chi connectivity index (χ4n) is 1.42. The van der Waals surface area contributed by atoms with E-state index in [4.69, 9.17) is 5.14 Å². The number of primary sulfonamides is 1. The van der Waals surface area contributed by atoms with E-state index in [1.807, 2.05) is 0 Å². The summed E-state index contributed by atoms with van der Waals surface area (Å²) in [6.07, 6.45) is 1.44. The van der Waals surface area contributed by atoms with E-state index in [1.165, 1.54) is 18.5 Å². The minimum Gasteiger partial charge on any atom is -0.366 e. The molecule has 2 aromatic rings. The lowest BCUT2D eigenvalue weighted by Gasteiger charge is -2.06. The Balaban J connectivity index is 2.05. The molecule has 100 valence electrons. The van der Waals surface area contributed by atoms with Crippen molar-refractivity contribution in [1.82, 2.24) is 9.97 Å². The Kier molecular flexibility index (Phi) is 4.13. The fraction of sp³-hybridized carbons (Fsp3) is 0.0909. The summed E-state index contributed by atoms with van der Waals surface area (Å²) in [6, 6.07) is 8.09. The second-order valence-electron chi connectivity index (χ2n) is 3.77. The third kappa shape index (κ3) is 3.98. The molecule has 0 amide bonds. The van der Waals surface area contributed by atoms with Crippen LogP contribution in [0, 0.1) is 0 Å². The number of nitrogens with zero attached hydrogens (tertiary/aromatic N) is 2. The monoisotopic (exact) mass is 342 g/mol. The predicted octanol–water partition coefficient (Wildman–Crippen LogP) is 1.50. The van der Waals surface area contributed by atoms with Crippen molar-refractivity contribution in [3.8, 4) is 0 Å². The summed E-state index contributed by atoms with van der Waals surface area (Å²) < 4.78 is 22.9. The van der Waals surface area contributed by atoms with Gasteiger partial charge in [-0.25, -0.2) is 23.5 Å². The molecule has 0 radical (unpaired) electrons. The summed E-state index contributed by atoms with van der Waals surface area (Å²) in [5.41, 5.74) is 0.919. The van der Waals surface area contributed by atoms with Gasteiger partial charge in [0, 0.05) is 12.6 Å². The first kappa shape index (κ1) is 13.9. The van der Waals surface area contributed by atoms with E-state index in [9.17, 15) is 8.42 Å². The van der Waals surface area contributed by atoms with Crippen molar-refractivity contribution in [2.45, 2.75) is 11.4 Å². The number of nitrogens with two attached hydrogens (primary N) is 1. The normalized spacial score (nSPS) is 11.3. The predicted molar refractivity (Wildman–Crippen MR) is 74.9 cm³/mol. The topological polar surface area (TPSA) is 98.0 Å². The zero-order chi connectivity index (χ0) is 13.9. The van der Waals surface area contributed by atoms with Crippen molar-refractivity contribution in [2.24, 2.45) is 5.14 Å². The van der Waals surface area contributed by atoms with Gasteiger partial charge in [0.15, 0.2) is 0 Å². The number of halogens is 1. The van der Waals surface area contributed by atoms with Gasteiger partial charge in [-0.1, -0.05) is 12.1 Å². The number of aromatic nitrogens is 2. The van der Waals surface area contributed by atoms with E-state index < -0.39 is 10.0 Å². The smallest absolute Gasteiger partial charge is 0.238 e. The SMILES string of the molecule is NS(=O)(=O)c1ccc(CNc2cc(Br)ncn2)cc1. The Morgan fingerprint density at radius 2 is 1.89 bits per heavy atom. The summed E-state index contributed by atoms with van der Waals surface area (Å²) >= 11 is 3.25. The van der Waals surface area contributed by atoms with Gasteiger partial charge in [-0.3, -0.25) is 0 Å². The first-order chi connectivity index (χ1) is 8.95. The van der Waals surface area contributed by atoms with Gasteiger partial charge >= 0.3 is 0 Å². The molecule has 0 spiro atoms. The molecule has 0 aliphatic carbocycles. The van der Waals surface area contributed by atoms with Crippen molar-refractivity contribution in [2.75, 3.05) is 5.32 Å². The molecular weight excluding hydrogens is 332 g/mol. The van der Waals surface area contributed by atoms with Crippen LogP contribution in [-0.4, -0.2) is 18.4 Å². The maximum absolute atomic E-state index is 11.1. The van der Waals surface area contributed by atoms with Crippen LogP contribution in [0.1, 0.15) is 5.56 Å². The maximum Gasteiger partial charge on any atom is 0.238 e. The van der Waals surface area contributed by atoms with Crippen LogP contribution in [0.15, 0.2) is 46.2 Å². The summed E-state index contributed by atoms with van der Waals surface area (Å²) in [4.78, 5) is 8.06. The Bertz CT molecular complexity index is 673. The standard InChI is InChI=1S/C11H11BrN4O2S/c12-10-5-11(16-7-15-10)14-6-8-1-3-9(4-2-8)19(13,17)18/h1-5,7H,6H2,(H2,13,17,18)(H,14,15,16). The highest BCUT2D eigenvalue weighted by Gasteiger charge is 2.06. The van der Waals surface area contributed by atoms with E-state index in [1.54, 1.807) is 18.2 Å². The van der Waals surface area contributed by atoms with E-state index >= 15 is 0 Å². The van der Waals surface area contributed by atoms with Gasteiger partial charge < -0.3 is 5.32 Å². The molecule has 3 N–H and O–H groups in total. The van der Waals surface area contributed by atoms with Crippen molar-refractivity contribution in [3.05, 3.63) is 46.8 Å². The molecule has 19 heavy (non-hydrogen) atoms. The number of benzene rings is 1. The van der Waals surface area contributed by atoms with Crippen molar-refractivity contribution in [3.63, 3.8) is 0 Å². The quantitative estimate of drug-likeness (QED) is 0.820. The second-order valence-corrected chi connectivity index (χ2v) is 6.14. The molecule has 0 aliphatic rings. The summed E-state index contributed by atoms with van der Waals surface area (Å²) in [7, 11) is -3.64. The van der Waals surface area contributed by atoms with Crippen LogP contribution >= 0.6 is 15.9 Å². The molecule has 0 unspecified atom stereocenters. The van der Waals surface area contributed by atoms with Gasteiger partial charge in [-0.15, -0.1) is 0 Å². The Morgan fingerprint density at radius 1 is 1.21 bits per heavy atom. The summed E-state index contributed by atoms with van der Waals surface area (Å²) in [6.45, 7) is 0.522. The van der Waals surface area contributed by atoms with E-state index in [0.717, 1.165) is 5.56 Å². The first-order valence-electron chi connectivity index (χ1n) is 5.28. The molecule has 0 aliphatic heterocycles. The second kappa shape index (κ2) is 5.64. The molecule has 1 aromatic heterocycles. The highest BCUT2D eigenvalue weighted by Crippen LogP contribution is 2.12. The lowest BCUT2D eigenvalue weighted by Crippen LogP contribution is -2.12. The number of rotatable bonds is 4. The van der Waals surface area contributed by atoms with Gasteiger partial charge in [0.1, 0.15) is 16.7 Å². The van der Waals surface area contributed by atoms with Crippen LogP contribution in [0.25, 0.3) is 0 Å². The van der Waals surface area contributed by atoms with Crippen molar-refractivity contribution < 1.29 is 8.42 Å². The van der Waals surface area contributed by atoms with Gasteiger partial charge in [0.05, 0.1) is 4.90 Å². The minimum absolute atomic E-state index is 0.0982. The molecular formula is C11H11BrN4O2S. The molecule has 2 rings (SSSR count). The Labute approximate surface area is 119 Å². The molecule has 1 heterocycles. The highest BCUT2D eigenvalue weighted by atomic mass is 79.9. The van der Waals surface area contributed by atoms with Crippen LogP contribution in [0.2, 0.25) is 0 Å². The van der Waals surface area contributed by atoms with Gasteiger partial charge in [0.2, 0.25) is 10.0 Å². The fourth-order valence-corrected chi connectivity index (χ4v) is 2.24. The summed E-state index contributed by atoms with van der Waals surface area (Å²) in [5, 5.41) is 8.12. The molecule has 0 saturated heterocycles. The average Bonchev–Trinajstić information content (AvgIpc) is 2.36. The van der Waals surface area contributed by atoms with Crippen LogP contribution in [0.3, 0.4) is 0 Å². The molecule has 0 atom stereocenters. The molecule has 0 bridgehead atoms. The van der Waals surface area contributed by atoms with Crippen LogP contribution < -0.4 is 10.5 Å². The maximum atomic E-state index is 11.1. The third-order valence-electron chi connectivity index (χ3n) is 2.36. The highest BCUT2D eigenvalue weighted by molar-refractivity contribution is 9.10. The minimum atomic E-state index is -3.64. The van der Waals surface area contributed by atoms with E-state index in [-0.39, 0.29) is 4.90 Å². The Hall–Kier alpha value is -1.51. The number of anilines is 1. The molecule has 0 fully saturated rings. The molecule has 0 saturated carbocycles. The average molecular weight is 343 g/mol. The largest absolute Gasteiger partial charge is 0.366 e. The number of nitrogens with one attached hydrogen (secondary N) is 1. The number of sulfonamides is 1. The van der Waals surface area contributed by atoms with Gasteiger partial charge in [-0.2, -0.15) is 0 Å². The number of hydrogen-bond acceptors (Lipinski definition) is 5. The van der Waals surface area contributed by atoms with Crippen LogP contribution in [0.5, 0.6) is 0 Å². The van der Waals surface area contributed by atoms with Crippen molar-refractivity contribution >= 4 is 31.8 Å². The lowest BCUT2D eigenvalue weighted by molar-refractivity contribution is 0.598. The zero-order valence-electron chi connectivity index (χ0n) is 9.75. The van der Waals surface area contributed by atoms with Crippen LogP contribution in [-0.2, 0) is 16.6 Å². The van der Waals surface area contributed by atoms with E-state index in [0.29, 0.717) is 17.0 Å². The van der Waals surface area contributed by atoms with Crippen LogP contribution in [0.4, 0.5) is 5.82 Å². The van der Waals surface area contributed by atoms with Gasteiger partial charge in [0.25, 0.3) is 0 Å². The lowest BCUT2D eigenvalue weighted by atomic mass is 10.2. The third-order valence-corrected chi connectivity index (χ3v) is 3.72. The summed E-state index contributed by atoms with van der Waals surface area (Å²) in [5.74, 6) is 0.678. The van der Waals surface area contributed by atoms with Crippen molar-refractivity contribution in [1.29, 1.82) is 0 Å². The molecule has 1 aromatic carbocycles. The molecule has 8 heteroatoms. The number of hydrogen-bond donors (Lipinski definition) is 2. The Morgan fingerprint density at radius 3 is 2.47 bits per heavy atom. The zero-order valence-corrected chi connectivity index (χ0v) is 12.1. The first-order valence-corrected chi connectivity index (χ1v) is 7.62. The van der Waals surface area contributed by atoms with E-state index in [2.05, 4.69) is 31.2 Å².